The van der Waals surface area contributed by atoms with Gasteiger partial charge in [-0.1, -0.05) is 65.4 Å². The highest BCUT2D eigenvalue weighted by Gasteiger charge is 2.23. The van der Waals surface area contributed by atoms with Crippen molar-refractivity contribution in [1.29, 1.82) is 0 Å². The Kier molecular flexibility index (Phi) is 9.25. The van der Waals surface area contributed by atoms with Gasteiger partial charge in [-0.05, 0) is 42.4 Å². The lowest BCUT2D eigenvalue weighted by Gasteiger charge is -2.20. The lowest BCUT2D eigenvalue weighted by Crippen LogP contribution is -2.15. The van der Waals surface area contributed by atoms with Gasteiger partial charge in [-0.15, -0.1) is 0 Å². The summed E-state index contributed by atoms with van der Waals surface area (Å²) in [4.78, 5) is 23.3. The van der Waals surface area contributed by atoms with Crippen LogP contribution >= 0.6 is 0 Å². The minimum Gasteiger partial charge on any atom is -0.478 e. The number of aromatic carboxylic acids is 2. The topological polar surface area (TPSA) is 74.6 Å². The zero-order chi connectivity index (χ0) is 18.8. The molecule has 1 aromatic carbocycles. The number of carboxylic acid groups (broad SMARTS) is 2. The van der Waals surface area contributed by atoms with Crippen LogP contribution in [0.15, 0.2) is 12.1 Å². The molecule has 0 amide bonds. The van der Waals surface area contributed by atoms with E-state index in [1.165, 1.54) is 12.5 Å². The van der Waals surface area contributed by atoms with Gasteiger partial charge in [0.25, 0.3) is 0 Å². The van der Waals surface area contributed by atoms with Crippen molar-refractivity contribution in [3.63, 3.8) is 0 Å². The molecule has 0 aliphatic rings. The molecule has 0 spiro atoms. The number of rotatable bonds is 12. The molecule has 25 heavy (non-hydrogen) atoms. The summed E-state index contributed by atoms with van der Waals surface area (Å²) in [6.07, 6.45) is 8.92. The van der Waals surface area contributed by atoms with Crippen LogP contribution in [0.2, 0.25) is 0 Å². The van der Waals surface area contributed by atoms with E-state index in [2.05, 4.69) is 20.8 Å². The van der Waals surface area contributed by atoms with E-state index in [1.54, 1.807) is 0 Å². The van der Waals surface area contributed by atoms with E-state index in [9.17, 15) is 19.8 Å². The summed E-state index contributed by atoms with van der Waals surface area (Å²) in [7, 11) is 0. The maximum Gasteiger partial charge on any atom is 0.336 e. The fourth-order valence-electron chi connectivity index (χ4n) is 3.40. The summed E-state index contributed by atoms with van der Waals surface area (Å²) in [5.74, 6) is -1.78. The molecule has 0 radical (unpaired) electrons. The first kappa shape index (κ1) is 21.2. The molecule has 1 rings (SSSR count). The maximum absolute atomic E-state index is 11.8. The monoisotopic (exact) mass is 348 g/mol. The molecular weight excluding hydrogens is 316 g/mol. The molecule has 4 heteroatoms. The van der Waals surface area contributed by atoms with Crippen LogP contribution < -0.4 is 0 Å². The van der Waals surface area contributed by atoms with E-state index < -0.39 is 11.9 Å². The van der Waals surface area contributed by atoms with Crippen LogP contribution in [0, 0.1) is 5.92 Å². The Morgan fingerprint density at radius 3 is 2.16 bits per heavy atom. The molecule has 0 aromatic heterocycles. The largest absolute Gasteiger partial charge is 0.478 e. The predicted molar refractivity (Wildman–Crippen MR) is 101 cm³/mol. The van der Waals surface area contributed by atoms with E-state index >= 15 is 0 Å². The highest BCUT2D eigenvalue weighted by Crippen LogP contribution is 2.27. The molecule has 0 saturated heterocycles. The van der Waals surface area contributed by atoms with Gasteiger partial charge in [0.05, 0.1) is 11.1 Å². The average molecular weight is 348 g/mol. The molecule has 0 aliphatic heterocycles. The standard InChI is InChI=1S/C21H32O4/c1-4-7-9-11-17-16(14-15(6-3)10-8-5-2)12-13-18(20(22)23)19(17)21(24)25/h12-13,15H,4-11,14H2,1-3H3,(H,22,23)(H,24,25). The molecule has 1 atom stereocenters. The number of unbranched alkanes of at least 4 members (excludes halogenated alkanes) is 3. The molecule has 0 fully saturated rings. The molecule has 1 unspecified atom stereocenters. The minimum absolute atomic E-state index is 0.00792. The Labute approximate surface area is 151 Å². The predicted octanol–water partition coefficient (Wildman–Crippen LogP) is 5.57. The summed E-state index contributed by atoms with van der Waals surface area (Å²) < 4.78 is 0. The van der Waals surface area contributed by atoms with Crippen LogP contribution in [0.5, 0.6) is 0 Å². The van der Waals surface area contributed by atoms with Gasteiger partial charge in [0.15, 0.2) is 0 Å². The minimum atomic E-state index is -1.17. The van der Waals surface area contributed by atoms with Gasteiger partial charge in [0, 0.05) is 0 Å². The second-order valence-electron chi connectivity index (χ2n) is 6.81. The third-order valence-electron chi connectivity index (χ3n) is 4.94. The summed E-state index contributed by atoms with van der Waals surface area (Å²) in [6.45, 7) is 6.44. The molecule has 2 N–H and O–H groups in total. The van der Waals surface area contributed by atoms with Crippen LogP contribution in [-0.4, -0.2) is 22.2 Å². The number of carbonyl (C=O) groups is 2. The zero-order valence-corrected chi connectivity index (χ0v) is 15.8. The summed E-state index contributed by atoms with van der Waals surface area (Å²) >= 11 is 0. The molecule has 140 valence electrons. The molecule has 4 nitrogen and oxygen atoms in total. The molecule has 0 aliphatic carbocycles. The number of carboxylic acids is 2. The van der Waals surface area contributed by atoms with Gasteiger partial charge in [0.2, 0.25) is 0 Å². The van der Waals surface area contributed by atoms with Gasteiger partial charge in [-0.3, -0.25) is 0 Å². The first-order chi connectivity index (χ1) is 12.0. The number of hydrogen-bond acceptors (Lipinski definition) is 2. The van der Waals surface area contributed by atoms with Crippen molar-refractivity contribution in [3.05, 3.63) is 34.4 Å². The highest BCUT2D eigenvalue weighted by molar-refractivity contribution is 6.03. The SMILES string of the molecule is CCCCCc1c(CC(CC)CCCC)ccc(C(=O)O)c1C(=O)O. The van der Waals surface area contributed by atoms with Crippen LogP contribution in [-0.2, 0) is 12.8 Å². The summed E-state index contributed by atoms with van der Waals surface area (Å²) in [5.41, 5.74) is 1.65. The van der Waals surface area contributed by atoms with Crippen molar-refractivity contribution in [1.82, 2.24) is 0 Å². The molecular formula is C21H32O4. The normalized spacial score (nSPS) is 12.1. The third kappa shape index (κ3) is 6.18. The van der Waals surface area contributed by atoms with Crippen molar-refractivity contribution in [3.8, 4) is 0 Å². The average Bonchev–Trinajstić information content (AvgIpc) is 2.58. The second-order valence-corrected chi connectivity index (χ2v) is 6.81. The fraction of sp³-hybridized carbons (Fsp3) is 0.619. The van der Waals surface area contributed by atoms with Gasteiger partial charge in [-0.25, -0.2) is 9.59 Å². The Balaban J connectivity index is 3.27. The van der Waals surface area contributed by atoms with Crippen molar-refractivity contribution in [2.45, 2.75) is 78.6 Å². The Morgan fingerprint density at radius 2 is 1.64 bits per heavy atom. The second kappa shape index (κ2) is 10.9. The van der Waals surface area contributed by atoms with Crippen molar-refractivity contribution in [2.24, 2.45) is 5.92 Å². The smallest absolute Gasteiger partial charge is 0.336 e. The van der Waals surface area contributed by atoms with E-state index in [0.717, 1.165) is 56.1 Å². The van der Waals surface area contributed by atoms with Crippen LogP contribution in [0.25, 0.3) is 0 Å². The van der Waals surface area contributed by atoms with Crippen LogP contribution in [0.1, 0.15) is 97.6 Å². The van der Waals surface area contributed by atoms with E-state index in [0.29, 0.717) is 12.3 Å². The molecule has 0 bridgehead atoms. The zero-order valence-electron chi connectivity index (χ0n) is 15.8. The molecule has 0 heterocycles. The van der Waals surface area contributed by atoms with E-state index in [1.807, 2.05) is 6.07 Å². The Morgan fingerprint density at radius 1 is 0.960 bits per heavy atom. The maximum atomic E-state index is 11.8. The van der Waals surface area contributed by atoms with Crippen LogP contribution in [0.4, 0.5) is 0 Å². The number of benzene rings is 1. The number of hydrogen-bond donors (Lipinski definition) is 2. The first-order valence-corrected chi connectivity index (χ1v) is 9.57. The fourth-order valence-corrected chi connectivity index (χ4v) is 3.40. The van der Waals surface area contributed by atoms with Gasteiger partial charge >= 0.3 is 11.9 Å². The Bertz CT molecular complexity index is 578. The summed E-state index contributed by atoms with van der Waals surface area (Å²) in [5, 5.41) is 19.0. The van der Waals surface area contributed by atoms with Crippen molar-refractivity contribution < 1.29 is 19.8 Å². The lowest BCUT2D eigenvalue weighted by atomic mass is 9.85. The van der Waals surface area contributed by atoms with Gasteiger partial charge < -0.3 is 10.2 Å². The molecule has 1 aromatic rings. The summed E-state index contributed by atoms with van der Waals surface area (Å²) in [6, 6.07) is 3.31. The lowest BCUT2D eigenvalue weighted by molar-refractivity contribution is 0.0650. The van der Waals surface area contributed by atoms with Crippen molar-refractivity contribution in [2.75, 3.05) is 0 Å². The van der Waals surface area contributed by atoms with E-state index in [4.69, 9.17) is 0 Å². The highest BCUT2D eigenvalue weighted by atomic mass is 16.4. The third-order valence-corrected chi connectivity index (χ3v) is 4.94. The Hall–Kier alpha value is -1.84. The first-order valence-electron chi connectivity index (χ1n) is 9.57. The quantitative estimate of drug-likeness (QED) is 0.484. The van der Waals surface area contributed by atoms with Crippen molar-refractivity contribution >= 4 is 11.9 Å². The van der Waals surface area contributed by atoms with Gasteiger partial charge in [0.1, 0.15) is 0 Å². The van der Waals surface area contributed by atoms with E-state index in [-0.39, 0.29) is 11.1 Å². The van der Waals surface area contributed by atoms with Crippen LogP contribution in [0.3, 0.4) is 0 Å². The molecule has 0 saturated carbocycles. The van der Waals surface area contributed by atoms with Gasteiger partial charge in [-0.2, -0.15) is 0 Å².